The number of hydrogen-bond donors (Lipinski definition) is 0. The highest BCUT2D eigenvalue weighted by atomic mass is 35.5. The average Bonchev–Trinajstić information content (AvgIpc) is 2.75. The number of ether oxygens (including phenoxy) is 2. The molecule has 0 saturated carbocycles. The zero-order chi connectivity index (χ0) is 23.3. The molecular weight excluding hydrogens is 445 g/mol. The Kier molecular flexibility index (Phi) is 7.45. The first-order chi connectivity index (χ1) is 15.2. The van der Waals surface area contributed by atoms with E-state index in [0.717, 1.165) is 17.7 Å². The fourth-order valence-corrected chi connectivity index (χ4v) is 3.24. The Labute approximate surface area is 188 Å². The lowest BCUT2D eigenvalue weighted by molar-refractivity contribution is -0.137. The summed E-state index contributed by atoms with van der Waals surface area (Å²) >= 11 is 5.63. The van der Waals surface area contributed by atoms with Crippen LogP contribution in [-0.2, 0) is 25.6 Å². The van der Waals surface area contributed by atoms with Crippen molar-refractivity contribution in [2.24, 2.45) is 0 Å². The van der Waals surface area contributed by atoms with Gasteiger partial charge in [0.15, 0.2) is 0 Å². The van der Waals surface area contributed by atoms with Gasteiger partial charge in [-0.25, -0.2) is 0 Å². The lowest BCUT2D eigenvalue weighted by Crippen LogP contribution is -2.20. The molecular formula is C23H22ClF3N2O3. The third-order valence-electron chi connectivity index (χ3n) is 4.78. The highest BCUT2D eigenvalue weighted by molar-refractivity contribution is 6.31. The molecule has 0 unspecified atom stereocenters. The van der Waals surface area contributed by atoms with E-state index in [2.05, 4.69) is 4.98 Å². The van der Waals surface area contributed by atoms with E-state index >= 15 is 0 Å². The van der Waals surface area contributed by atoms with Gasteiger partial charge in [0, 0.05) is 24.7 Å². The van der Waals surface area contributed by atoms with Crippen molar-refractivity contribution in [3.8, 4) is 17.5 Å². The second-order valence-electron chi connectivity index (χ2n) is 6.98. The smallest absolute Gasteiger partial charge is 0.417 e. The van der Waals surface area contributed by atoms with E-state index in [-0.39, 0.29) is 22.3 Å². The van der Waals surface area contributed by atoms with Crippen LogP contribution in [0.2, 0.25) is 5.02 Å². The maximum Gasteiger partial charge on any atom is 0.417 e. The van der Waals surface area contributed by atoms with E-state index in [0.29, 0.717) is 37.3 Å². The summed E-state index contributed by atoms with van der Waals surface area (Å²) in [7, 11) is 0. The van der Waals surface area contributed by atoms with Crippen molar-refractivity contribution < 1.29 is 22.6 Å². The van der Waals surface area contributed by atoms with Crippen LogP contribution in [-0.4, -0.2) is 16.2 Å². The van der Waals surface area contributed by atoms with Gasteiger partial charge in [0.1, 0.15) is 11.5 Å². The Morgan fingerprint density at radius 3 is 2.38 bits per heavy atom. The van der Waals surface area contributed by atoms with Gasteiger partial charge in [0.25, 0.3) is 11.6 Å². The molecule has 2 aromatic carbocycles. The Morgan fingerprint density at radius 2 is 1.75 bits per heavy atom. The Morgan fingerprint density at radius 1 is 1.06 bits per heavy atom. The molecule has 3 rings (SSSR count). The summed E-state index contributed by atoms with van der Waals surface area (Å²) < 4.78 is 52.0. The van der Waals surface area contributed by atoms with Gasteiger partial charge in [-0.1, -0.05) is 30.7 Å². The molecule has 0 radical (unpaired) electrons. The van der Waals surface area contributed by atoms with Gasteiger partial charge in [-0.2, -0.15) is 18.2 Å². The fraction of sp³-hybridized carbons (Fsp3) is 0.304. The van der Waals surface area contributed by atoms with Crippen molar-refractivity contribution >= 4 is 11.6 Å². The van der Waals surface area contributed by atoms with Gasteiger partial charge < -0.3 is 14.0 Å². The van der Waals surface area contributed by atoms with Gasteiger partial charge in [-0.3, -0.25) is 4.79 Å². The van der Waals surface area contributed by atoms with Crippen LogP contribution in [0.15, 0.2) is 53.5 Å². The zero-order valence-corrected chi connectivity index (χ0v) is 18.3. The van der Waals surface area contributed by atoms with Crippen molar-refractivity contribution in [2.75, 3.05) is 6.61 Å². The summed E-state index contributed by atoms with van der Waals surface area (Å²) in [6.45, 7) is 4.77. The van der Waals surface area contributed by atoms with Gasteiger partial charge in [-0.05, 0) is 49.2 Å². The van der Waals surface area contributed by atoms with E-state index in [1.165, 1.54) is 6.07 Å². The molecule has 3 aromatic rings. The predicted octanol–water partition coefficient (Wildman–Crippen LogP) is 5.91. The summed E-state index contributed by atoms with van der Waals surface area (Å²) in [5.41, 5.74) is 0.332. The van der Waals surface area contributed by atoms with Crippen molar-refractivity contribution in [1.82, 2.24) is 9.55 Å². The van der Waals surface area contributed by atoms with Crippen LogP contribution in [0, 0.1) is 0 Å². The largest absolute Gasteiger partial charge is 0.464 e. The van der Waals surface area contributed by atoms with E-state index in [9.17, 15) is 18.0 Å². The molecule has 1 heterocycles. The molecule has 0 N–H and O–H groups in total. The number of halogens is 4. The summed E-state index contributed by atoms with van der Waals surface area (Å²) in [6, 6.07) is 10.6. The number of aryl methyl sites for hydroxylation is 2. The van der Waals surface area contributed by atoms with Crippen molar-refractivity contribution in [3.63, 3.8) is 0 Å². The van der Waals surface area contributed by atoms with Crippen LogP contribution >= 0.6 is 11.6 Å². The van der Waals surface area contributed by atoms with Crippen LogP contribution in [0.25, 0.3) is 0 Å². The normalized spacial score (nSPS) is 11.4. The van der Waals surface area contributed by atoms with Crippen molar-refractivity contribution in [1.29, 1.82) is 0 Å². The van der Waals surface area contributed by atoms with Crippen molar-refractivity contribution in [2.45, 2.75) is 39.4 Å². The van der Waals surface area contributed by atoms with Crippen LogP contribution in [0.5, 0.6) is 17.5 Å². The van der Waals surface area contributed by atoms with Crippen LogP contribution < -0.4 is 15.0 Å². The monoisotopic (exact) mass is 466 g/mol. The molecule has 0 atom stereocenters. The standard InChI is InChI=1S/C23H22ClF3N2O3/c1-3-16-14-29(4-2)22(28-21(16)30)31-12-11-15-5-7-17(8-6-15)32-18-9-10-20(24)19(13-18)23(25,26)27/h5-10,13-14H,3-4,11-12H2,1-2H3. The lowest BCUT2D eigenvalue weighted by atomic mass is 10.1. The summed E-state index contributed by atoms with van der Waals surface area (Å²) in [6.07, 6.45) is -1.64. The molecule has 5 nitrogen and oxygen atoms in total. The first-order valence-electron chi connectivity index (χ1n) is 10.1. The third kappa shape index (κ3) is 5.82. The highest BCUT2D eigenvalue weighted by Gasteiger charge is 2.33. The van der Waals surface area contributed by atoms with Gasteiger partial charge >= 0.3 is 6.18 Å². The van der Waals surface area contributed by atoms with E-state index in [1.807, 2.05) is 13.8 Å². The molecule has 0 fully saturated rings. The molecule has 0 saturated heterocycles. The molecule has 9 heteroatoms. The van der Waals surface area contributed by atoms with Crippen LogP contribution in [0.4, 0.5) is 13.2 Å². The number of hydrogen-bond acceptors (Lipinski definition) is 4. The average molecular weight is 467 g/mol. The SMILES string of the molecule is CCc1cn(CC)c(OCCc2ccc(Oc3ccc(Cl)c(C(F)(F)F)c3)cc2)nc1=O. The third-order valence-corrected chi connectivity index (χ3v) is 5.10. The van der Waals surface area contributed by atoms with Crippen LogP contribution in [0.1, 0.15) is 30.5 Å². The number of aromatic nitrogens is 2. The van der Waals surface area contributed by atoms with E-state index < -0.39 is 11.7 Å². The van der Waals surface area contributed by atoms with E-state index in [4.69, 9.17) is 21.1 Å². The molecule has 0 spiro atoms. The minimum Gasteiger partial charge on any atom is -0.464 e. The van der Waals surface area contributed by atoms with Gasteiger partial charge in [-0.15, -0.1) is 0 Å². The number of rotatable bonds is 8. The topological polar surface area (TPSA) is 53.4 Å². The molecule has 32 heavy (non-hydrogen) atoms. The molecule has 170 valence electrons. The molecule has 0 aliphatic carbocycles. The second-order valence-corrected chi connectivity index (χ2v) is 7.38. The minimum absolute atomic E-state index is 0.0388. The maximum atomic E-state index is 13.0. The zero-order valence-electron chi connectivity index (χ0n) is 17.6. The van der Waals surface area contributed by atoms with Gasteiger partial charge in [0.05, 0.1) is 17.2 Å². The summed E-state index contributed by atoms with van der Waals surface area (Å²) in [4.78, 5) is 16.0. The lowest BCUT2D eigenvalue weighted by Gasteiger charge is -2.13. The Hall–Kier alpha value is -3.00. The molecule has 1 aromatic heterocycles. The fourth-order valence-electron chi connectivity index (χ4n) is 3.01. The molecule has 0 aliphatic rings. The molecule has 0 bridgehead atoms. The number of alkyl halides is 3. The summed E-state index contributed by atoms with van der Waals surface area (Å²) in [5, 5.41) is -0.382. The Bertz CT molecular complexity index is 1130. The first-order valence-corrected chi connectivity index (χ1v) is 10.5. The highest BCUT2D eigenvalue weighted by Crippen LogP contribution is 2.37. The first kappa shape index (κ1) is 23.7. The quantitative estimate of drug-likeness (QED) is 0.414. The van der Waals surface area contributed by atoms with Crippen LogP contribution in [0.3, 0.4) is 0 Å². The number of nitrogens with zero attached hydrogens (tertiary/aromatic N) is 2. The second kappa shape index (κ2) is 10.1. The Balaban J connectivity index is 1.61. The van der Waals surface area contributed by atoms with Crippen molar-refractivity contribution in [3.05, 3.63) is 80.7 Å². The predicted molar refractivity (Wildman–Crippen MR) is 116 cm³/mol. The maximum absolute atomic E-state index is 13.0. The van der Waals surface area contributed by atoms with Gasteiger partial charge in [0.2, 0.25) is 0 Å². The number of benzene rings is 2. The molecule has 0 amide bonds. The minimum atomic E-state index is -4.56. The summed E-state index contributed by atoms with van der Waals surface area (Å²) in [5.74, 6) is 0.429. The van der Waals surface area contributed by atoms with E-state index in [1.54, 1.807) is 35.0 Å². The molecule has 0 aliphatic heterocycles.